The van der Waals surface area contributed by atoms with Gasteiger partial charge in [0.15, 0.2) is 0 Å². The molecule has 1 N–H and O–H groups in total. The topological polar surface area (TPSA) is 81.7 Å². The molecule has 0 atom stereocenters. The van der Waals surface area contributed by atoms with Crippen molar-refractivity contribution in [2.75, 3.05) is 7.05 Å². The molecule has 0 unspecified atom stereocenters. The number of benzene rings is 1. The van der Waals surface area contributed by atoms with E-state index in [1.165, 1.54) is 5.56 Å². The average molecular weight is 403 g/mol. The summed E-state index contributed by atoms with van der Waals surface area (Å²) in [5.74, 6) is 1.02. The van der Waals surface area contributed by atoms with Crippen molar-refractivity contribution < 1.29 is 4.52 Å². The highest BCUT2D eigenvalue weighted by Crippen LogP contribution is 2.33. The Bertz CT molecular complexity index is 1110. The molecule has 3 heterocycles. The highest BCUT2D eigenvalue weighted by atomic mass is 16.5. The summed E-state index contributed by atoms with van der Waals surface area (Å²) < 4.78 is 7.65. The maximum absolute atomic E-state index is 5.65. The third-order valence-corrected chi connectivity index (χ3v) is 4.67. The van der Waals surface area contributed by atoms with Crippen LogP contribution in [-0.2, 0) is 13.1 Å². The summed E-state index contributed by atoms with van der Waals surface area (Å²) in [6.07, 6.45) is 5.35. The van der Waals surface area contributed by atoms with Crippen LogP contribution >= 0.6 is 0 Å². The molecule has 0 bridgehead atoms. The zero-order chi connectivity index (χ0) is 21.1. The molecule has 30 heavy (non-hydrogen) atoms. The van der Waals surface area contributed by atoms with Gasteiger partial charge in [-0.1, -0.05) is 50.2 Å². The predicted octanol–water partition coefficient (Wildman–Crippen LogP) is 4.43. The van der Waals surface area contributed by atoms with Gasteiger partial charge in [0.25, 0.3) is 5.89 Å². The lowest BCUT2D eigenvalue weighted by molar-refractivity contribution is 0.327. The van der Waals surface area contributed by atoms with Crippen LogP contribution in [0, 0.1) is 5.41 Å². The van der Waals surface area contributed by atoms with Crippen molar-refractivity contribution in [1.82, 2.24) is 30.2 Å². The molecule has 0 aliphatic carbocycles. The molecule has 7 nitrogen and oxygen atoms in total. The van der Waals surface area contributed by atoms with Crippen molar-refractivity contribution in [3.05, 3.63) is 60.6 Å². The van der Waals surface area contributed by atoms with Crippen LogP contribution in [0.4, 0.5) is 0 Å². The van der Waals surface area contributed by atoms with Gasteiger partial charge in [-0.3, -0.25) is 9.67 Å². The quantitative estimate of drug-likeness (QED) is 0.514. The van der Waals surface area contributed by atoms with Crippen molar-refractivity contribution in [2.45, 2.75) is 33.9 Å². The first-order chi connectivity index (χ1) is 14.4. The molecule has 4 rings (SSSR count). The van der Waals surface area contributed by atoms with Gasteiger partial charge in [0, 0.05) is 36.6 Å². The first kappa shape index (κ1) is 20.0. The minimum atomic E-state index is 0.0696. The Balaban J connectivity index is 1.72. The van der Waals surface area contributed by atoms with Gasteiger partial charge in [-0.25, -0.2) is 0 Å². The molecule has 0 amide bonds. The maximum Gasteiger partial charge on any atom is 0.262 e. The number of hydrogen-bond donors (Lipinski definition) is 1. The second-order valence-electron chi connectivity index (χ2n) is 8.51. The van der Waals surface area contributed by atoms with Crippen LogP contribution in [0.3, 0.4) is 0 Å². The van der Waals surface area contributed by atoms with Crippen molar-refractivity contribution in [2.24, 2.45) is 5.41 Å². The van der Waals surface area contributed by atoms with Crippen LogP contribution in [0.25, 0.3) is 34.1 Å². The van der Waals surface area contributed by atoms with Gasteiger partial charge < -0.3 is 9.84 Å². The fourth-order valence-corrected chi connectivity index (χ4v) is 3.35. The summed E-state index contributed by atoms with van der Waals surface area (Å²) in [6, 6.07) is 12.1. The number of nitrogens with one attached hydrogen (secondary N) is 1. The van der Waals surface area contributed by atoms with E-state index in [0.29, 0.717) is 11.7 Å². The SMILES string of the molecule is CNCc1ccc(-c2noc(-c3cnn(CC(C)(C)C)c3-c3ccncc3)n2)cc1. The van der Waals surface area contributed by atoms with E-state index < -0.39 is 0 Å². The molecule has 0 radical (unpaired) electrons. The zero-order valence-electron chi connectivity index (χ0n) is 17.8. The number of aromatic nitrogens is 5. The summed E-state index contributed by atoms with van der Waals surface area (Å²) in [7, 11) is 1.93. The normalized spacial score (nSPS) is 11.7. The van der Waals surface area contributed by atoms with Crippen molar-refractivity contribution in [3.63, 3.8) is 0 Å². The average Bonchev–Trinajstić information content (AvgIpc) is 3.35. The molecular weight excluding hydrogens is 376 g/mol. The van der Waals surface area contributed by atoms with E-state index in [9.17, 15) is 0 Å². The predicted molar refractivity (Wildman–Crippen MR) is 116 cm³/mol. The highest BCUT2D eigenvalue weighted by molar-refractivity contribution is 5.77. The second-order valence-corrected chi connectivity index (χ2v) is 8.51. The minimum absolute atomic E-state index is 0.0696. The lowest BCUT2D eigenvalue weighted by Crippen LogP contribution is -2.17. The van der Waals surface area contributed by atoms with Gasteiger partial charge in [-0.2, -0.15) is 10.1 Å². The summed E-state index contributed by atoms with van der Waals surface area (Å²) in [5, 5.41) is 12.0. The number of pyridine rings is 1. The highest BCUT2D eigenvalue weighted by Gasteiger charge is 2.23. The van der Waals surface area contributed by atoms with Crippen LogP contribution in [0.1, 0.15) is 26.3 Å². The number of rotatable bonds is 6. The van der Waals surface area contributed by atoms with Gasteiger partial charge >= 0.3 is 0 Å². The van der Waals surface area contributed by atoms with E-state index in [2.05, 4.69) is 58.4 Å². The van der Waals surface area contributed by atoms with Gasteiger partial charge in [0.1, 0.15) is 0 Å². The van der Waals surface area contributed by atoms with Gasteiger partial charge in [0.05, 0.1) is 17.5 Å². The molecule has 154 valence electrons. The van der Waals surface area contributed by atoms with Crippen molar-refractivity contribution in [3.8, 4) is 34.1 Å². The Morgan fingerprint density at radius 2 is 1.73 bits per heavy atom. The summed E-state index contributed by atoms with van der Waals surface area (Å²) in [4.78, 5) is 8.80. The molecule has 1 aromatic carbocycles. The van der Waals surface area contributed by atoms with Crippen LogP contribution < -0.4 is 5.32 Å². The largest absolute Gasteiger partial charge is 0.333 e. The Morgan fingerprint density at radius 3 is 2.40 bits per heavy atom. The Kier molecular flexibility index (Phi) is 5.46. The van der Waals surface area contributed by atoms with Crippen LogP contribution in [0.15, 0.2) is 59.5 Å². The first-order valence-corrected chi connectivity index (χ1v) is 9.99. The first-order valence-electron chi connectivity index (χ1n) is 9.99. The lowest BCUT2D eigenvalue weighted by atomic mass is 9.96. The Morgan fingerprint density at radius 1 is 1.00 bits per heavy atom. The third-order valence-electron chi connectivity index (χ3n) is 4.67. The second kappa shape index (κ2) is 8.20. The lowest BCUT2D eigenvalue weighted by Gasteiger charge is -2.20. The summed E-state index contributed by atoms with van der Waals surface area (Å²) >= 11 is 0. The van der Waals surface area contributed by atoms with Crippen LogP contribution in [0.2, 0.25) is 0 Å². The van der Waals surface area contributed by atoms with Gasteiger partial charge in [-0.05, 0) is 30.2 Å². The Labute approximate surface area is 176 Å². The molecule has 4 aromatic rings. The van der Waals surface area contributed by atoms with E-state index in [0.717, 1.165) is 35.5 Å². The third kappa shape index (κ3) is 4.31. The fraction of sp³-hybridized carbons (Fsp3) is 0.304. The molecule has 0 aliphatic heterocycles. The smallest absolute Gasteiger partial charge is 0.262 e. The maximum atomic E-state index is 5.65. The van der Waals surface area contributed by atoms with E-state index in [4.69, 9.17) is 4.52 Å². The zero-order valence-corrected chi connectivity index (χ0v) is 17.8. The number of hydrogen-bond acceptors (Lipinski definition) is 6. The molecule has 3 aromatic heterocycles. The molecule has 0 saturated carbocycles. The fourth-order valence-electron chi connectivity index (χ4n) is 3.35. The molecule has 0 spiro atoms. The monoisotopic (exact) mass is 402 g/mol. The van der Waals surface area contributed by atoms with Crippen molar-refractivity contribution >= 4 is 0 Å². The summed E-state index contributed by atoms with van der Waals surface area (Å²) in [5.41, 5.74) is 4.96. The molecule has 0 fully saturated rings. The molecule has 0 aliphatic rings. The van der Waals surface area contributed by atoms with E-state index in [1.807, 2.05) is 36.0 Å². The van der Waals surface area contributed by atoms with Gasteiger partial charge in [0.2, 0.25) is 5.82 Å². The number of nitrogens with zero attached hydrogens (tertiary/aromatic N) is 5. The van der Waals surface area contributed by atoms with E-state index >= 15 is 0 Å². The summed E-state index contributed by atoms with van der Waals surface area (Å²) in [6.45, 7) is 8.15. The molecule has 0 saturated heterocycles. The van der Waals surface area contributed by atoms with E-state index in [1.54, 1.807) is 18.6 Å². The molecular formula is C23H26N6O. The van der Waals surface area contributed by atoms with Crippen molar-refractivity contribution in [1.29, 1.82) is 0 Å². The van der Waals surface area contributed by atoms with Gasteiger partial charge in [-0.15, -0.1) is 0 Å². The minimum Gasteiger partial charge on any atom is -0.333 e. The van der Waals surface area contributed by atoms with Crippen LogP contribution in [-0.4, -0.2) is 32.0 Å². The standard InChI is InChI=1S/C23H26N6O/c1-23(2,3)15-29-20(17-9-11-25-12-10-17)19(14-26-29)22-27-21(28-30-22)18-7-5-16(6-8-18)13-24-4/h5-12,14,24H,13,15H2,1-4H3. The van der Waals surface area contributed by atoms with E-state index in [-0.39, 0.29) is 5.41 Å². The molecule has 7 heteroatoms. The van der Waals surface area contributed by atoms with Crippen LogP contribution in [0.5, 0.6) is 0 Å². The Hall–Kier alpha value is -3.32.